The second-order valence-electron chi connectivity index (χ2n) is 5.76. The summed E-state index contributed by atoms with van der Waals surface area (Å²) >= 11 is 0. The standard InChI is InChI=1S/C16H31NO2/c1-5-6-7-8-9-10-11-16(19)17-15(14(4)18)12-13(2)3/h13,15,18H,4-12H2,1-3H3,(H,17,19). The molecule has 0 aliphatic carbocycles. The number of carbonyl (C=O) groups excluding carboxylic acids is 1. The molecular formula is C16H31NO2. The van der Waals surface area contributed by atoms with E-state index in [9.17, 15) is 9.90 Å². The van der Waals surface area contributed by atoms with Crippen molar-refractivity contribution in [3.63, 3.8) is 0 Å². The monoisotopic (exact) mass is 269 g/mol. The molecule has 112 valence electrons. The number of carbonyl (C=O) groups is 1. The molecule has 0 spiro atoms. The summed E-state index contributed by atoms with van der Waals surface area (Å²) in [5, 5.41) is 12.3. The summed E-state index contributed by atoms with van der Waals surface area (Å²) in [5.41, 5.74) is 0. The van der Waals surface area contributed by atoms with Crippen molar-refractivity contribution < 1.29 is 9.90 Å². The van der Waals surface area contributed by atoms with Crippen molar-refractivity contribution in [1.82, 2.24) is 5.32 Å². The van der Waals surface area contributed by atoms with Crippen LogP contribution < -0.4 is 5.32 Å². The molecule has 0 fully saturated rings. The van der Waals surface area contributed by atoms with E-state index >= 15 is 0 Å². The van der Waals surface area contributed by atoms with Crippen LogP contribution in [0.4, 0.5) is 0 Å². The second kappa shape index (κ2) is 10.9. The Morgan fingerprint density at radius 3 is 2.26 bits per heavy atom. The van der Waals surface area contributed by atoms with E-state index in [0.29, 0.717) is 12.3 Å². The summed E-state index contributed by atoms with van der Waals surface area (Å²) in [6.07, 6.45) is 8.34. The summed E-state index contributed by atoms with van der Waals surface area (Å²) in [6, 6.07) is -0.299. The molecule has 0 heterocycles. The van der Waals surface area contributed by atoms with Gasteiger partial charge in [-0.25, -0.2) is 0 Å². The quantitative estimate of drug-likeness (QED) is 0.433. The minimum atomic E-state index is -0.299. The van der Waals surface area contributed by atoms with Crippen molar-refractivity contribution in [1.29, 1.82) is 0 Å². The largest absolute Gasteiger partial charge is 0.511 e. The van der Waals surface area contributed by atoms with E-state index in [1.54, 1.807) is 0 Å². The maximum Gasteiger partial charge on any atom is 0.220 e. The molecular weight excluding hydrogens is 238 g/mol. The highest BCUT2D eigenvalue weighted by Gasteiger charge is 2.16. The van der Waals surface area contributed by atoms with Gasteiger partial charge in [0.15, 0.2) is 0 Å². The Balaban J connectivity index is 3.78. The van der Waals surface area contributed by atoms with Crippen molar-refractivity contribution in [3.05, 3.63) is 12.3 Å². The molecule has 0 radical (unpaired) electrons. The SMILES string of the molecule is C=C(O)C(CC(C)C)NC(=O)CCCCCCCC. The molecule has 0 aliphatic rings. The predicted octanol–water partition coefficient (Wildman–Crippen LogP) is 4.34. The minimum absolute atomic E-state index is 0.0244. The lowest BCUT2D eigenvalue weighted by Gasteiger charge is -2.19. The topological polar surface area (TPSA) is 49.3 Å². The van der Waals surface area contributed by atoms with E-state index in [4.69, 9.17) is 0 Å². The Labute approximate surface area is 118 Å². The van der Waals surface area contributed by atoms with E-state index in [-0.39, 0.29) is 17.7 Å². The summed E-state index contributed by atoms with van der Waals surface area (Å²) in [5.74, 6) is 0.504. The van der Waals surface area contributed by atoms with E-state index in [0.717, 1.165) is 19.3 Å². The minimum Gasteiger partial charge on any atom is -0.511 e. The Morgan fingerprint density at radius 1 is 1.16 bits per heavy atom. The molecule has 0 aliphatic heterocycles. The fourth-order valence-electron chi connectivity index (χ4n) is 2.08. The molecule has 1 atom stereocenters. The summed E-state index contributed by atoms with van der Waals surface area (Å²) in [4.78, 5) is 11.8. The van der Waals surface area contributed by atoms with Crippen LogP contribution in [-0.2, 0) is 4.79 Å². The number of amides is 1. The van der Waals surface area contributed by atoms with Gasteiger partial charge in [-0.3, -0.25) is 4.79 Å². The first-order valence-corrected chi connectivity index (χ1v) is 7.64. The van der Waals surface area contributed by atoms with Gasteiger partial charge in [0.2, 0.25) is 5.91 Å². The van der Waals surface area contributed by atoms with Crippen LogP contribution in [0.3, 0.4) is 0 Å². The van der Waals surface area contributed by atoms with Crippen LogP contribution >= 0.6 is 0 Å². The number of hydrogen-bond donors (Lipinski definition) is 2. The summed E-state index contributed by atoms with van der Waals surface area (Å²) < 4.78 is 0. The number of aliphatic hydroxyl groups is 1. The van der Waals surface area contributed by atoms with Crippen LogP contribution in [0.5, 0.6) is 0 Å². The normalized spacial score (nSPS) is 12.4. The number of aliphatic hydroxyl groups excluding tert-OH is 1. The molecule has 19 heavy (non-hydrogen) atoms. The van der Waals surface area contributed by atoms with Crippen LogP contribution in [0.2, 0.25) is 0 Å². The van der Waals surface area contributed by atoms with Crippen molar-refractivity contribution in [2.45, 2.75) is 78.2 Å². The van der Waals surface area contributed by atoms with Gasteiger partial charge in [0.25, 0.3) is 0 Å². The molecule has 1 amide bonds. The average molecular weight is 269 g/mol. The molecule has 0 aromatic heterocycles. The van der Waals surface area contributed by atoms with Crippen molar-refractivity contribution in [2.75, 3.05) is 0 Å². The van der Waals surface area contributed by atoms with Gasteiger partial charge in [-0.15, -0.1) is 0 Å². The first kappa shape index (κ1) is 18.0. The zero-order valence-electron chi connectivity index (χ0n) is 12.9. The van der Waals surface area contributed by atoms with E-state index in [1.165, 1.54) is 25.7 Å². The predicted molar refractivity (Wildman–Crippen MR) is 81.1 cm³/mol. The lowest BCUT2D eigenvalue weighted by atomic mass is 10.0. The molecule has 0 aromatic rings. The Kier molecular flexibility index (Phi) is 10.3. The van der Waals surface area contributed by atoms with Gasteiger partial charge in [-0.2, -0.15) is 0 Å². The van der Waals surface area contributed by atoms with Crippen LogP contribution in [-0.4, -0.2) is 17.1 Å². The lowest BCUT2D eigenvalue weighted by molar-refractivity contribution is -0.122. The van der Waals surface area contributed by atoms with Crippen LogP contribution in [0.15, 0.2) is 12.3 Å². The van der Waals surface area contributed by atoms with Gasteiger partial charge in [-0.05, 0) is 18.8 Å². The molecule has 3 nitrogen and oxygen atoms in total. The van der Waals surface area contributed by atoms with E-state index in [2.05, 4.69) is 32.7 Å². The zero-order valence-corrected chi connectivity index (χ0v) is 12.9. The molecule has 0 saturated heterocycles. The van der Waals surface area contributed by atoms with Crippen LogP contribution in [0.1, 0.15) is 72.1 Å². The third-order valence-corrected chi connectivity index (χ3v) is 3.20. The van der Waals surface area contributed by atoms with Gasteiger partial charge in [0.05, 0.1) is 6.04 Å². The maximum atomic E-state index is 11.8. The Morgan fingerprint density at radius 2 is 1.74 bits per heavy atom. The van der Waals surface area contributed by atoms with Gasteiger partial charge in [0, 0.05) is 6.42 Å². The third-order valence-electron chi connectivity index (χ3n) is 3.20. The fraction of sp³-hybridized carbons (Fsp3) is 0.812. The van der Waals surface area contributed by atoms with Crippen LogP contribution in [0.25, 0.3) is 0 Å². The molecule has 1 unspecified atom stereocenters. The first-order valence-electron chi connectivity index (χ1n) is 7.64. The molecule has 0 rings (SSSR count). The number of rotatable bonds is 11. The summed E-state index contributed by atoms with van der Waals surface area (Å²) in [6.45, 7) is 9.86. The fourth-order valence-corrected chi connectivity index (χ4v) is 2.08. The van der Waals surface area contributed by atoms with E-state index in [1.807, 2.05) is 0 Å². The molecule has 0 bridgehead atoms. The van der Waals surface area contributed by atoms with Crippen molar-refractivity contribution in [3.8, 4) is 0 Å². The summed E-state index contributed by atoms with van der Waals surface area (Å²) in [7, 11) is 0. The molecule has 0 saturated carbocycles. The molecule has 2 N–H and O–H groups in total. The Bertz CT molecular complexity index is 261. The number of unbranched alkanes of at least 4 members (excludes halogenated alkanes) is 5. The number of nitrogens with one attached hydrogen (secondary N) is 1. The highest BCUT2D eigenvalue weighted by molar-refractivity contribution is 5.76. The molecule has 3 heteroatoms. The third kappa shape index (κ3) is 10.6. The average Bonchev–Trinajstić information content (AvgIpc) is 2.32. The van der Waals surface area contributed by atoms with Gasteiger partial charge in [-0.1, -0.05) is 59.5 Å². The van der Waals surface area contributed by atoms with Crippen molar-refractivity contribution >= 4 is 5.91 Å². The lowest BCUT2D eigenvalue weighted by Crippen LogP contribution is -2.36. The van der Waals surface area contributed by atoms with Crippen LogP contribution in [0, 0.1) is 5.92 Å². The first-order chi connectivity index (χ1) is 8.97. The molecule has 0 aromatic carbocycles. The van der Waals surface area contributed by atoms with Gasteiger partial charge >= 0.3 is 0 Å². The van der Waals surface area contributed by atoms with Crippen molar-refractivity contribution in [2.24, 2.45) is 5.92 Å². The van der Waals surface area contributed by atoms with E-state index < -0.39 is 0 Å². The smallest absolute Gasteiger partial charge is 0.220 e. The second-order valence-corrected chi connectivity index (χ2v) is 5.76. The highest BCUT2D eigenvalue weighted by atomic mass is 16.3. The number of hydrogen-bond acceptors (Lipinski definition) is 2. The van der Waals surface area contributed by atoms with Gasteiger partial charge in [0.1, 0.15) is 5.76 Å². The zero-order chi connectivity index (χ0) is 14.7. The Hall–Kier alpha value is -0.990. The van der Waals surface area contributed by atoms with Gasteiger partial charge < -0.3 is 10.4 Å². The highest BCUT2D eigenvalue weighted by Crippen LogP contribution is 2.11. The maximum absolute atomic E-state index is 11.8.